The van der Waals surface area contributed by atoms with Crippen LogP contribution in [0.5, 0.6) is 0 Å². The number of halogens is 1. The third-order valence-electron chi connectivity index (χ3n) is 4.93. The molecule has 3 aromatic rings. The van der Waals surface area contributed by atoms with Gasteiger partial charge in [-0.2, -0.15) is 5.10 Å². The van der Waals surface area contributed by atoms with E-state index >= 15 is 0 Å². The van der Waals surface area contributed by atoms with Crippen molar-refractivity contribution in [1.82, 2.24) is 5.43 Å². The number of aryl methyl sites for hydroxylation is 4. The Bertz CT molecular complexity index is 1250. The largest absolute Gasteiger partial charge is 0.459 e. The first-order valence-electron chi connectivity index (χ1n) is 9.82. The summed E-state index contributed by atoms with van der Waals surface area (Å²) in [5, 5.41) is 3.88. The molecule has 0 unspecified atom stereocenters. The first kappa shape index (κ1) is 23.7. The van der Waals surface area contributed by atoms with E-state index < -0.39 is 22.5 Å². The molecule has 168 valence electrons. The van der Waals surface area contributed by atoms with Crippen LogP contribution in [0.15, 0.2) is 67.4 Å². The summed E-state index contributed by atoms with van der Waals surface area (Å²) in [5.74, 6) is 0.549. The molecule has 0 aliphatic heterocycles. The number of sulfonamides is 1. The smallest absolute Gasteiger partial charge is 0.264 e. The molecule has 7 nitrogen and oxygen atoms in total. The lowest BCUT2D eigenvalue weighted by Gasteiger charge is -2.24. The lowest BCUT2D eigenvalue weighted by atomic mass is 10.1. The van der Waals surface area contributed by atoms with Crippen molar-refractivity contribution in [1.29, 1.82) is 0 Å². The average Bonchev–Trinajstić information content (AvgIpc) is 3.06. The van der Waals surface area contributed by atoms with Crippen molar-refractivity contribution < 1.29 is 17.6 Å². The SMILES string of the molecule is Cc1ccc(S(=O)(=O)N(CC(=O)N/N=C\c2cc(Br)c(C)o2)c2ccc(C)c(C)c2)cc1. The highest BCUT2D eigenvalue weighted by molar-refractivity contribution is 9.10. The molecule has 0 radical (unpaired) electrons. The van der Waals surface area contributed by atoms with E-state index in [1.54, 1.807) is 37.3 Å². The van der Waals surface area contributed by atoms with Crippen molar-refractivity contribution in [3.05, 3.63) is 81.2 Å². The molecule has 0 spiro atoms. The molecule has 1 aromatic heterocycles. The van der Waals surface area contributed by atoms with Gasteiger partial charge in [-0.3, -0.25) is 9.10 Å². The normalized spacial score (nSPS) is 11.7. The number of nitrogens with zero attached hydrogens (tertiary/aromatic N) is 2. The Balaban J connectivity index is 1.87. The fraction of sp³-hybridized carbons (Fsp3) is 0.217. The fourth-order valence-electron chi connectivity index (χ4n) is 2.91. The number of nitrogens with one attached hydrogen (secondary N) is 1. The minimum absolute atomic E-state index is 0.105. The Morgan fingerprint density at radius 1 is 1.06 bits per heavy atom. The van der Waals surface area contributed by atoms with Gasteiger partial charge in [0.1, 0.15) is 18.1 Å². The van der Waals surface area contributed by atoms with Crippen molar-refractivity contribution in [3.8, 4) is 0 Å². The minimum atomic E-state index is -3.98. The zero-order valence-corrected chi connectivity index (χ0v) is 20.6. The molecule has 1 amide bonds. The van der Waals surface area contributed by atoms with Crippen LogP contribution >= 0.6 is 15.9 Å². The summed E-state index contributed by atoms with van der Waals surface area (Å²) in [5.41, 5.74) is 5.65. The molecule has 1 heterocycles. The Labute approximate surface area is 196 Å². The number of furan rings is 1. The average molecular weight is 518 g/mol. The standard InChI is InChI=1S/C23H24BrN3O4S/c1-15-5-9-21(10-6-15)32(29,30)27(19-8-7-16(2)17(3)11-19)14-23(28)26-25-13-20-12-22(24)18(4)31-20/h5-13H,14H2,1-4H3,(H,26,28)/b25-13-. The van der Waals surface area contributed by atoms with E-state index in [1.807, 2.05) is 26.8 Å². The second kappa shape index (κ2) is 9.70. The second-order valence-corrected chi connectivity index (χ2v) is 10.2. The highest BCUT2D eigenvalue weighted by Gasteiger charge is 2.27. The van der Waals surface area contributed by atoms with Crippen LogP contribution in [0.4, 0.5) is 5.69 Å². The zero-order chi connectivity index (χ0) is 23.5. The van der Waals surface area contributed by atoms with Gasteiger partial charge in [0.25, 0.3) is 15.9 Å². The zero-order valence-electron chi connectivity index (χ0n) is 18.2. The maximum Gasteiger partial charge on any atom is 0.264 e. The summed E-state index contributed by atoms with van der Waals surface area (Å²) in [4.78, 5) is 12.7. The van der Waals surface area contributed by atoms with E-state index in [1.165, 1.54) is 18.3 Å². The number of hydrogen-bond donors (Lipinski definition) is 1. The Morgan fingerprint density at radius 3 is 2.34 bits per heavy atom. The highest BCUT2D eigenvalue weighted by atomic mass is 79.9. The predicted octanol–water partition coefficient (Wildman–Crippen LogP) is 4.62. The summed E-state index contributed by atoms with van der Waals surface area (Å²) >= 11 is 3.34. The molecule has 1 N–H and O–H groups in total. The molecular weight excluding hydrogens is 494 g/mol. The molecule has 32 heavy (non-hydrogen) atoms. The van der Waals surface area contributed by atoms with Crippen molar-refractivity contribution in [3.63, 3.8) is 0 Å². The van der Waals surface area contributed by atoms with Crippen molar-refractivity contribution >= 4 is 43.8 Å². The van der Waals surface area contributed by atoms with Gasteiger partial charge in [-0.1, -0.05) is 23.8 Å². The number of benzene rings is 2. The number of hydrazone groups is 1. The van der Waals surface area contributed by atoms with E-state index in [4.69, 9.17) is 4.42 Å². The lowest BCUT2D eigenvalue weighted by Crippen LogP contribution is -2.39. The van der Waals surface area contributed by atoms with Gasteiger partial charge in [-0.05, 0) is 79.0 Å². The van der Waals surface area contributed by atoms with E-state index in [-0.39, 0.29) is 4.90 Å². The molecule has 9 heteroatoms. The summed E-state index contributed by atoms with van der Waals surface area (Å²) in [6, 6.07) is 13.5. The third-order valence-corrected chi connectivity index (χ3v) is 7.51. The van der Waals surface area contributed by atoms with Gasteiger partial charge in [0.05, 0.1) is 21.3 Å². The van der Waals surface area contributed by atoms with Crippen LogP contribution < -0.4 is 9.73 Å². The van der Waals surface area contributed by atoms with Crippen LogP contribution in [0.2, 0.25) is 0 Å². The molecule has 0 saturated carbocycles. The molecule has 0 bridgehead atoms. The summed E-state index contributed by atoms with van der Waals surface area (Å²) in [6.45, 7) is 7.06. The molecule has 0 saturated heterocycles. The number of carbonyl (C=O) groups is 1. The monoisotopic (exact) mass is 517 g/mol. The van der Waals surface area contributed by atoms with Crippen LogP contribution in [0.25, 0.3) is 0 Å². The fourth-order valence-corrected chi connectivity index (χ4v) is 4.63. The number of rotatable bonds is 7. The number of amides is 1. The lowest BCUT2D eigenvalue weighted by molar-refractivity contribution is -0.119. The van der Waals surface area contributed by atoms with E-state index in [0.717, 1.165) is 25.5 Å². The van der Waals surface area contributed by atoms with Crippen LogP contribution in [0.1, 0.15) is 28.2 Å². The molecule has 2 aromatic carbocycles. The molecule has 3 rings (SSSR count). The van der Waals surface area contributed by atoms with Crippen LogP contribution in [-0.4, -0.2) is 27.1 Å². The number of carbonyl (C=O) groups excluding carboxylic acids is 1. The molecule has 0 atom stereocenters. The summed E-state index contributed by atoms with van der Waals surface area (Å²) in [7, 11) is -3.98. The first-order chi connectivity index (χ1) is 15.1. The summed E-state index contributed by atoms with van der Waals surface area (Å²) < 4.78 is 34.1. The Kier molecular flexibility index (Phi) is 7.20. The predicted molar refractivity (Wildman–Crippen MR) is 129 cm³/mol. The van der Waals surface area contributed by atoms with Gasteiger partial charge in [0.2, 0.25) is 0 Å². The topological polar surface area (TPSA) is 92.0 Å². The van der Waals surface area contributed by atoms with Gasteiger partial charge in [0.15, 0.2) is 0 Å². The van der Waals surface area contributed by atoms with Crippen LogP contribution in [-0.2, 0) is 14.8 Å². The number of anilines is 1. The van der Waals surface area contributed by atoms with Crippen LogP contribution in [0.3, 0.4) is 0 Å². The van der Waals surface area contributed by atoms with Gasteiger partial charge < -0.3 is 4.42 Å². The quantitative estimate of drug-likeness (QED) is 0.365. The Morgan fingerprint density at radius 2 is 1.75 bits per heavy atom. The van der Waals surface area contributed by atoms with Crippen molar-refractivity contribution in [2.45, 2.75) is 32.6 Å². The first-order valence-corrected chi connectivity index (χ1v) is 12.1. The van der Waals surface area contributed by atoms with Gasteiger partial charge in [0, 0.05) is 6.07 Å². The van der Waals surface area contributed by atoms with E-state index in [0.29, 0.717) is 17.2 Å². The maximum absolute atomic E-state index is 13.4. The van der Waals surface area contributed by atoms with E-state index in [2.05, 4.69) is 26.5 Å². The van der Waals surface area contributed by atoms with Gasteiger partial charge >= 0.3 is 0 Å². The Hall–Kier alpha value is -2.91. The second-order valence-electron chi connectivity index (χ2n) is 7.44. The maximum atomic E-state index is 13.4. The van der Waals surface area contributed by atoms with Crippen LogP contribution in [0, 0.1) is 27.7 Å². The molecule has 0 fully saturated rings. The van der Waals surface area contributed by atoms with E-state index in [9.17, 15) is 13.2 Å². The third kappa shape index (κ3) is 5.46. The summed E-state index contributed by atoms with van der Waals surface area (Å²) in [6.07, 6.45) is 1.35. The highest BCUT2D eigenvalue weighted by Crippen LogP contribution is 2.26. The molecular formula is C23H24BrN3O4S. The minimum Gasteiger partial charge on any atom is -0.459 e. The van der Waals surface area contributed by atoms with Gasteiger partial charge in [-0.25, -0.2) is 13.8 Å². The molecule has 0 aliphatic rings. The van der Waals surface area contributed by atoms with Crippen molar-refractivity contribution in [2.24, 2.45) is 5.10 Å². The van der Waals surface area contributed by atoms with Gasteiger partial charge in [-0.15, -0.1) is 0 Å². The van der Waals surface area contributed by atoms with Crippen molar-refractivity contribution in [2.75, 3.05) is 10.8 Å². The molecule has 0 aliphatic carbocycles. The number of hydrogen-bond acceptors (Lipinski definition) is 5.